The molecule has 0 heteroatoms. The quantitative estimate of drug-likeness (QED) is 0.371. The molecule has 0 aliphatic rings. The maximum atomic E-state index is 2.36. The van der Waals surface area contributed by atoms with Gasteiger partial charge in [0.1, 0.15) is 0 Å². The second kappa shape index (κ2) is 4.60. The van der Waals surface area contributed by atoms with Gasteiger partial charge in [0.05, 0.1) is 0 Å². The summed E-state index contributed by atoms with van der Waals surface area (Å²) in [5.41, 5.74) is 2.72. The molecule has 4 aromatic rings. The summed E-state index contributed by atoms with van der Waals surface area (Å²) < 4.78 is 0. The Hall–Kier alpha value is -2.34. The van der Waals surface area contributed by atoms with E-state index in [1.165, 1.54) is 43.4 Å². The van der Waals surface area contributed by atoms with Gasteiger partial charge >= 0.3 is 0 Å². The topological polar surface area (TPSA) is 0 Å². The molecule has 0 bridgehead atoms. The minimum Gasteiger partial charge on any atom is -0.0613 e. The lowest BCUT2D eigenvalue weighted by atomic mass is 9.94. The largest absolute Gasteiger partial charge is 0.0613 e. The highest BCUT2D eigenvalue weighted by Gasteiger charge is 2.06. The van der Waals surface area contributed by atoms with Crippen LogP contribution in [0.5, 0.6) is 0 Å². The summed E-state index contributed by atoms with van der Waals surface area (Å²) in [7, 11) is 0. The van der Waals surface area contributed by atoms with Gasteiger partial charge in [0, 0.05) is 0 Å². The second-order valence-corrected chi connectivity index (χ2v) is 5.86. The molecule has 0 aliphatic carbocycles. The number of hydrogen-bond acceptors (Lipinski definition) is 0. The lowest BCUT2D eigenvalue weighted by Gasteiger charge is -2.10. The molecule has 0 heterocycles. The smallest absolute Gasteiger partial charge is 0.00266 e. The van der Waals surface area contributed by atoms with E-state index in [9.17, 15) is 0 Å². The molecule has 0 saturated carbocycles. The summed E-state index contributed by atoms with van der Waals surface area (Å²) in [5.74, 6) is 0. The summed E-state index contributed by atoms with van der Waals surface area (Å²) in [6, 6.07) is 22.5. The average molecular weight is 270 g/mol. The fourth-order valence-corrected chi connectivity index (χ4v) is 3.25. The molecule has 0 amide bonds. The first kappa shape index (κ1) is 12.4. The van der Waals surface area contributed by atoms with E-state index in [0.29, 0.717) is 0 Å². The zero-order chi connectivity index (χ0) is 14.4. The van der Waals surface area contributed by atoms with Crippen LogP contribution in [0.4, 0.5) is 0 Å². The molecule has 21 heavy (non-hydrogen) atoms. The van der Waals surface area contributed by atoms with Gasteiger partial charge in [-0.3, -0.25) is 0 Å². The summed E-state index contributed by atoms with van der Waals surface area (Å²) in [5, 5.41) is 8.11. The number of aryl methyl sites for hydroxylation is 2. The van der Waals surface area contributed by atoms with Crippen molar-refractivity contribution in [2.75, 3.05) is 0 Å². The molecule has 0 spiro atoms. The molecule has 0 aromatic heterocycles. The molecule has 0 fully saturated rings. The summed E-state index contributed by atoms with van der Waals surface area (Å²) in [4.78, 5) is 0. The Bertz CT molecular complexity index is 972. The Balaban J connectivity index is 2.28. The molecule has 0 radical (unpaired) electrons. The SMILES string of the molecule is CCc1ccc2ccc3ccc4ccc(C)cc4c3c2c1. The van der Waals surface area contributed by atoms with Gasteiger partial charge in [-0.2, -0.15) is 0 Å². The van der Waals surface area contributed by atoms with E-state index < -0.39 is 0 Å². The van der Waals surface area contributed by atoms with Crippen LogP contribution in [-0.2, 0) is 6.42 Å². The molecular formula is C21H18. The van der Waals surface area contributed by atoms with E-state index >= 15 is 0 Å². The standard InChI is InChI=1S/C21H18/c1-3-15-5-7-17-9-11-18-10-8-16-6-4-14(2)12-19(16)21(18)20(17)13-15/h4-13H,3H2,1-2H3. The monoisotopic (exact) mass is 270 g/mol. The first-order valence-electron chi connectivity index (χ1n) is 7.61. The first-order valence-corrected chi connectivity index (χ1v) is 7.61. The van der Waals surface area contributed by atoms with Crippen molar-refractivity contribution in [2.45, 2.75) is 20.3 Å². The van der Waals surface area contributed by atoms with Crippen molar-refractivity contribution in [2.24, 2.45) is 0 Å². The molecule has 4 rings (SSSR count). The normalized spacial score (nSPS) is 11.5. The van der Waals surface area contributed by atoms with Crippen LogP contribution < -0.4 is 0 Å². The van der Waals surface area contributed by atoms with Crippen molar-refractivity contribution in [1.82, 2.24) is 0 Å². The third-order valence-corrected chi connectivity index (χ3v) is 4.45. The summed E-state index contributed by atoms with van der Waals surface area (Å²) in [6.45, 7) is 4.38. The van der Waals surface area contributed by atoms with Gasteiger partial charge in [0.15, 0.2) is 0 Å². The van der Waals surface area contributed by atoms with Crippen LogP contribution in [-0.4, -0.2) is 0 Å². The molecule has 4 aromatic carbocycles. The molecule has 0 saturated heterocycles. The molecule has 0 atom stereocenters. The zero-order valence-corrected chi connectivity index (χ0v) is 12.5. The van der Waals surface area contributed by atoms with Crippen molar-refractivity contribution < 1.29 is 0 Å². The van der Waals surface area contributed by atoms with Crippen molar-refractivity contribution in [3.8, 4) is 0 Å². The predicted molar refractivity (Wildman–Crippen MR) is 93.1 cm³/mol. The molecule has 0 N–H and O–H groups in total. The van der Waals surface area contributed by atoms with Gasteiger partial charge in [-0.15, -0.1) is 0 Å². The molecule has 102 valence electrons. The van der Waals surface area contributed by atoms with Crippen LogP contribution in [0.1, 0.15) is 18.1 Å². The highest BCUT2D eigenvalue weighted by atomic mass is 14.1. The lowest BCUT2D eigenvalue weighted by Crippen LogP contribution is -1.85. The molecule has 0 nitrogen and oxygen atoms in total. The van der Waals surface area contributed by atoms with Crippen LogP contribution in [0.2, 0.25) is 0 Å². The number of benzene rings is 4. The maximum absolute atomic E-state index is 2.36. The Morgan fingerprint density at radius 1 is 0.667 bits per heavy atom. The summed E-state index contributed by atoms with van der Waals surface area (Å²) in [6.07, 6.45) is 1.08. The maximum Gasteiger partial charge on any atom is -0.00266 e. The van der Waals surface area contributed by atoms with Gasteiger partial charge in [-0.1, -0.05) is 73.2 Å². The summed E-state index contributed by atoms with van der Waals surface area (Å²) >= 11 is 0. The van der Waals surface area contributed by atoms with Crippen molar-refractivity contribution in [3.05, 3.63) is 71.8 Å². The van der Waals surface area contributed by atoms with E-state index in [1.54, 1.807) is 0 Å². The van der Waals surface area contributed by atoms with Crippen LogP contribution in [0.15, 0.2) is 60.7 Å². The first-order chi connectivity index (χ1) is 10.3. The highest BCUT2D eigenvalue weighted by Crippen LogP contribution is 2.33. The molecular weight excluding hydrogens is 252 g/mol. The Kier molecular flexibility index (Phi) is 2.71. The van der Waals surface area contributed by atoms with Gasteiger partial charge in [0.2, 0.25) is 0 Å². The van der Waals surface area contributed by atoms with E-state index in [4.69, 9.17) is 0 Å². The van der Waals surface area contributed by atoms with E-state index in [0.717, 1.165) is 6.42 Å². The predicted octanol–water partition coefficient (Wildman–Crippen LogP) is 6.02. The van der Waals surface area contributed by atoms with Crippen molar-refractivity contribution >= 4 is 32.3 Å². The van der Waals surface area contributed by atoms with E-state index in [-0.39, 0.29) is 0 Å². The van der Waals surface area contributed by atoms with Crippen LogP contribution >= 0.6 is 0 Å². The minimum atomic E-state index is 1.08. The van der Waals surface area contributed by atoms with Crippen molar-refractivity contribution in [1.29, 1.82) is 0 Å². The molecule has 0 unspecified atom stereocenters. The van der Waals surface area contributed by atoms with Gasteiger partial charge in [-0.05, 0) is 51.2 Å². The van der Waals surface area contributed by atoms with E-state index in [2.05, 4.69) is 74.5 Å². The van der Waals surface area contributed by atoms with Crippen molar-refractivity contribution in [3.63, 3.8) is 0 Å². The zero-order valence-electron chi connectivity index (χ0n) is 12.5. The second-order valence-electron chi connectivity index (χ2n) is 5.86. The van der Waals surface area contributed by atoms with Gasteiger partial charge < -0.3 is 0 Å². The minimum absolute atomic E-state index is 1.08. The number of hydrogen-bond donors (Lipinski definition) is 0. The molecule has 0 aliphatic heterocycles. The van der Waals surface area contributed by atoms with Crippen LogP contribution in [0.3, 0.4) is 0 Å². The average Bonchev–Trinajstić information content (AvgIpc) is 2.53. The Morgan fingerprint density at radius 2 is 1.24 bits per heavy atom. The van der Waals surface area contributed by atoms with Gasteiger partial charge in [-0.25, -0.2) is 0 Å². The Labute approximate surface area is 125 Å². The Morgan fingerprint density at radius 3 is 1.95 bits per heavy atom. The number of rotatable bonds is 1. The highest BCUT2D eigenvalue weighted by molar-refractivity contribution is 6.20. The van der Waals surface area contributed by atoms with E-state index in [1.807, 2.05) is 0 Å². The fraction of sp³-hybridized carbons (Fsp3) is 0.143. The van der Waals surface area contributed by atoms with Crippen LogP contribution in [0, 0.1) is 6.92 Å². The fourth-order valence-electron chi connectivity index (χ4n) is 3.25. The van der Waals surface area contributed by atoms with Crippen LogP contribution in [0.25, 0.3) is 32.3 Å². The third-order valence-electron chi connectivity index (χ3n) is 4.45. The lowest BCUT2D eigenvalue weighted by molar-refractivity contribution is 1.15. The third kappa shape index (κ3) is 1.91. The van der Waals surface area contributed by atoms with Gasteiger partial charge in [0.25, 0.3) is 0 Å². The number of fused-ring (bicyclic) bond motifs is 5.